The lowest BCUT2D eigenvalue weighted by molar-refractivity contribution is 0.281. The quantitative estimate of drug-likeness (QED) is 0.921. The lowest BCUT2D eigenvalue weighted by atomic mass is 9.76. The van der Waals surface area contributed by atoms with Gasteiger partial charge in [0.2, 0.25) is 0 Å². The van der Waals surface area contributed by atoms with Gasteiger partial charge in [-0.15, -0.1) is 0 Å². The van der Waals surface area contributed by atoms with Crippen molar-refractivity contribution in [3.05, 3.63) is 58.5 Å². The highest BCUT2D eigenvalue weighted by Gasteiger charge is 2.29. The predicted molar refractivity (Wildman–Crippen MR) is 75.5 cm³/mol. The van der Waals surface area contributed by atoms with E-state index in [9.17, 15) is 0 Å². The van der Waals surface area contributed by atoms with Gasteiger partial charge in [0.1, 0.15) is 5.76 Å². The van der Waals surface area contributed by atoms with E-state index in [0.29, 0.717) is 12.0 Å². The molecule has 1 aliphatic carbocycles. The van der Waals surface area contributed by atoms with Crippen LogP contribution in [0.3, 0.4) is 0 Å². The van der Waals surface area contributed by atoms with Crippen LogP contribution in [0.1, 0.15) is 30.1 Å². The van der Waals surface area contributed by atoms with E-state index in [0.717, 1.165) is 12.3 Å². The average Bonchev–Trinajstić information content (AvgIpc) is 2.80. The Bertz CT molecular complexity index is 503. The van der Waals surface area contributed by atoms with Crippen molar-refractivity contribution in [1.82, 2.24) is 5.32 Å². The van der Waals surface area contributed by atoms with E-state index in [-0.39, 0.29) is 0 Å². The number of benzene rings is 1. The number of rotatable bonds is 4. The first-order valence-electron chi connectivity index (χ1n) is 6.32. The highest BCUT2D eigenvalue weighted by molar-refractivity contribution is 9.10. The van der Waals surface area contributed by atoms with E-state index in [1.54, 1.807) is 6.26 Å². The molecule has 3 heteroatoms. The summed E-state index contributed by atoms with van der Waals surface area (Å²) in [5, 5.41) is 3.53. The summed E-state index contributed by atoms with van der Waals surface area (Å²) in [5.41, 5.74) is 1.44. The third-order valence-corrected chi connectivity index (χ3v) is 4.10. The zero-order chi connectivity index (χ0) is 12.4. The van der Waals surface area contributed by atoms with E-state index in [2.05, 4.69) is 45.5 Å². The van der Waals surface area contributed by atoms with Crippen LogP contribution < -0.4 is 5.32 Å². The van der Waals surface area contributed by atoms with Crippen molar-refractivity contribution < 1.29 is 4.42 Å². The molecule has 1 aromatic carbocycles. The maximum absolute atomic E-state index is 5.31. The van der Waals surface area contributed by atoms with Gasteiger partial charge in [0, 0.05) is 10.5 Å². The summed E-state index contributed by atoms with van der Waals surface area (Å²) < 4.78 is 6.48. The Hall–Kier alpha value is -1.06. The van der Waals surface area contributed by atoms with Crippen LogP contribution in [0.2, 0.25) is 0 Å². The summed E-state index contributed by atoms with van der Waals surface area (Å²) in [7, 11) is 0. The van der Waals surface area contributed by atoms with Crippen molar-refractivity contribution in [3.8, 4) is 0 Å². The number of halogens is 1. The van der Waals surface area contributed by atoms with Gasteiger partial charge in [-0.2, -0.15) is 0 Å². The van der Waals surface area contributed by atoms with Crippen molar-refractivity contribution in [2.24, 2.45) is 0 Å². The molecule has 2 nitrogen and oxygen atoms in total. The van der Waals surface area contributed by atoms with Crippen molar-refractivity contribution in [1.29, 1.82) is 0 Å². The van der Waals surface area contributed by atoms with E-state index in [4.69, 9.17) is 4.42 Å². The first-order chi connectivity index (χ1) is 8.81. The summed E-state index contributed by atoms with van der Waals surface area (Å²) in [5.74, 6) is 1.72. The van der Waals surface area contributed by atoms with Crippen LogP contribution >= 0.6 is 15.9 Å². The Labute approximate surface area is 116 Å². The largest absolute Gasteiger partial charge is 0.468 e. The molecule has 0 aliphatic heterocycles. The Morgan fingerprint density at radius 2 is 2.11 bits per heavy atom. The fourth-order valence-electron chi connectivity index (χ4n) is 2.48. The standard InChI is InChI=1S/C15H16BrNO/c16-13-4-1-3-11(7-13)12-8-14(9-12)17-10-15-5-2-6-18-15/h1-7,12,14,17H,8-10H2. The van der Waals surface area contributed by atoms with E-state index < -0.39 is 0 Å². The fourth-order valence-corrected chi connectivity index (χ4v) is 2.89. The highest BCUT2D eigenvalue weighted by atomic mass is 79.9. The van der Waals surface area contributed by atoms with Crippen molar-refractivity contribution in [3.63, 3.8) is 0 Å². The fraction of sp³-hybridized carbons (Fsp3) is 0.333. The third-order valence-electron chi connectivity index (χ3n) is 3.60. The number of hydrogen-bond acceptors (Lipinski definition) is 2. The zero-order valence-corrected chi connectivity index (χ0v) is 11.7. The maximum Gasteiger partial charge on any atom is 0.117 e. The second kappa shape index (κ2) is 5.29. The lowest BCUT2D eigenvalue weighted by Crippen LogP contribution is -2.39. The number of hydrogen-bond donors (Lipinski definition) is 1. The normalized spacial score (nSPS) is 22.7. The van der Waals surface area contributed by atoms with Crippen LogP contribution in [0.25, 0.3) is 0 Å². The third kappa shape index (κ3) is 2.68. The zero-order valence-electron chi connectivity index (χ0n) is 10.1. The highest BCUT2D eigenvalue weighted by Crippen LogP contribution is 2.37. The van der Waals surface area contributed by atoms with E-state index >= 15 is 0 Å². The van der Waals surface area contributed by atoms with Gasteiger partial charge < -0.3 is 9.73 Å². The van der Waals surface area contributed by atoms with Crippen LogP contribution in [0.4, 0.5) is 0 Å². The van der Waals surface area contributed by atoms with Crippen molar-refractivity contribution in [2.45, 2.75) is 31.3 Å². The molecule has 0 amide bonds. The Morgan fingerprint density at radius 1 is 1.22 bits per heavy atom. The van der Waals surface area contributed by atoms with Crippen LogP contribution in [-0.2, 0) is 6.54 Å². The van der Waals surface area contributed by atoms with E-state index in [1.165, 1.54) is 22.9 Å². The minimum Gasteiger partial charge on any atom is -0.468 e. The molecule has 0 saturated heterocycles. The van der Waals surface area contributed by atoms with Gasteiger partial charge in [0.05, 0.1) is 12.8 Å². The van der Waals surface area contributed by atoms with Crippen LogP contribution in [-0.4, -0.2) is 6.04 Å². The first kappa shape index (κ1) is 12.0. The molecule has 1 heterocycles. The van der Waals surface area contributed by atoms with Gasteiger partial charge in [0.25, 0.3) is 0 Å². The molecule has 0 spiro atoms. The molecule has 1 fully saturated rings. The van der Waals surface area contributed by atoms with Crippen LogP contribution in [0.5, 0.6) is 0 Å². The first-order valence-corrected chi connectivity index (χ1v) is 7.12. The molecular formula is C15H16BrNO. The van der Waals surface area contributed by atoms with E-state index in [1.807, 2.05) is 12.1 Å². The van der Waals surface area contributed by atoms with Crippen LogP contribution in [0.15, 0.2) is 51.6 Å². The Kier molecular flexibility index (Phi) is 3.52. The maximum atomic E-state index is 5.31. The molecule has 1 saturated carbocycles. The minimum absolute atomic E-state index is 0.624. The Morgan fingerprint density at radius 3 is 2.83 bits per heavy atom. The number of furan rings is 1. The van der Waals surface area contributed by atoms with Gasteiger partial charge in [-0.05, 0) is 48.6 Å². The lowest BCUT2D eigenvalue weighted by Gasteiger charge is -2.36. The molecule has 18 heavy (non-hydrogen) atoms. The number of nitrogens with one attached hydrogen (secondary N) is 1. The van der Waals surface area contributed by atoms with Gasteiger partial charge in [-0.25, -0.2) is 0 Å². The molecular weight excluding hydrogens is 290 g/mol. The van der Waals surface area contributed by atoms with Crippen LogP contribution in [0, 0.1) is 0 Å². The molecule has 1 N–H and O–H groups in total. The summed E-state index contributed by atoms with van der Waals surface area (Å²) in [4.78, 5) is 0. The van der Waals surface area contributed by atoms with Gasteiger partial charge in [-0.3, -0.25) is 0 Å². The summed E-state index contributed by atoms with van der Waals surface area (Å²) in [6.45, 7) is 0.836. The second-order valence-corrected chi connectivity index (χ2v) is 5.80. The summed E-state index contributed by atoms with van der Waals surface area (Å²) in [6, 6.07) is 13.2. The molecule has 0 bridgehead atoms. The molecule has 1 aromatic heterocycles. The minimum atomic E-state index is 0.624. The molecule has 3 rings (SSSR count). The molecule has 94 valence electrons. The predicted octanol–water partition coefficient (Wildman–Crippen LogP) is 4.08. The van der Waals surface area contributed by atoms with Crippen molar-refractivity contribution in [2.75, 3.05) is 0 Å². The topological polar surface area (TPSA) is 25.2 Å². The smallest absolute Gasteiger partial charge is 0.117 e. The summed E-state index contributed by atoms with van der Waals surface area (Å²) in [6.07, 6.45) is 4.16. The summed E-state index contributed by atoms with van der Waals surface area (Å²) >= 11 is 3.53. The van der Waals surface area contributed by atoms with Gasteiger partial charge in [-0.1, -0.05) is 28.1 Å². The Balaban J connectivity index is 1.48. The van der Waals surface area contributed by atoms with Gasteiger partial charge in [0.15, 0.2) is 0 Å². The molecule has 0 atom stereocenters. The SMILES string of the molecule is Brc1cccc(C2CC(NCc3ccco3)C2)c1. The van der Waals surface area contributed by atoms with Crippen molar-refractivity contribution >= 4 is 15.9 Å². The molecule has 1 aliphatic rings. The molecule has 0 unspecified atom stereocenters. The monoisotopic (exact) mass is 305 g/mol. The molecule has 0 radical (unpaired) electrons. The average molecular weight is 306 g/mol. The van der Waals surface area contributed by atoms with Gasteiger partial charge >= 0.3 is 0 Å². The molecule has 2 aromatic rings. The second-order valence-electron chi connectivity index (χ2n) is 4.88.